The molecule has 2 aliphatic rings. The van der Waals surface area contributed by atoms with Crippen LogP contribution in [0.4, 0.5) is 11.4 Å². The summed E-state index contributed by atoms with van der Waals surface area (Å²) in [7, 11) is 0. The number of benzene rings is 2. The van der Waals surface area contributed by atoms with Gasteiger partial charge in [-0.3, -0.25) is 4.79 Å². The Kier molecular flexibility index (Phi) is 4.76. The quantitative estimate of drug-likeness (QED) is 0.692. The van der Waals surface area contributed by atoms with Crippen molar-refractivity contribution in [1.29, 1.82) is 0 Å². The van der Waals surface area contributed by atoms with Crippen molar-refractivity contribution in [3.8, 4) is 0 Å². The third-order valence-corrected chi connectivity index (χ3v) is 6.30. The summed E-state index contributed by atoms with van der Waals surface area (Å²) >= 11 is 7.50. The molecule has 130 valence electrons. The maximum Gasteiger partial charge on any atom is 0.252 e. The molecule has 0 aliphatic carbocycles. The van der Waals surface area contributed by atoms with Crippen molar-refractivity contribution < 1.29 is 4.79 Å². The molecule has 1 fully saturated rings. The van der Waals surface area contributed by atoms with Gasteiger partial charge in [-0.25, -0.2) is 0 Å². The van der Waals surface area contributed by atoms with E-state index in [-0.39, 0.29) is 0 Å². The third kappa shape index (κ3) is 3.31. The van der Waals surface area contributed by atoms with Gasteiger partial charge in [-0.2, -0.15) is 0 Å². The Morgan fingerprint density at radius 2 is 1.84 bits per heavy atom. The van der Waals surface area contributed by atoms with E-state index in [0.717, 1.165) is 12.2 Å². The van der Waals surface area contributed by atoms with E-state index in [0.29, 0.717) is 11.6 Å². The molecule has 5 heteroatoms. The molecule has 0 spiro atoms. The van der Waals surface area contributed by atoms with Crippen LogP contribution in [0.25, 0.3) is 0 Å². The largest absolute Gasteiger partial charge is 0.335 e. The van der Waals surface area contributed by atoms with Crippen LogP contribution >= 0.6 is 23.4 Å². The summed E-state index contributed by atoms with van der Waals surface area (Å²) in [5.41, 5.74) is 2.85. The number of halogens is 1. The lowest BCUT2D eigenvalue weighted by Gasteiger charge is -2.39. The van der Waals surface area contributed by atoms with Gasteiger partial charge in [-0.1, -0.05) is 23.9 Å². The van der Waals surface area contributed by atoms with Crippen LogP contribution in [0.1, 0.15) is 30.1 Å². The lowest BCUT2D eigenvalue weighted by molar-refractivity contribution is 0.108. The highest BCUT2D eigenvalue weighted by atomic mass is 35.5. The predicted octanol–water partition coefficient (Wildman–Crippen LogP) is 5.15. The third-order valence-electron chi connectivity index (χ3n) is 4.95. The molecule has 0 radical (unpaired) electrons. The second-order valence-corrected chi connectivity index (χ2v) is 8.18. The molecule has 1 saturated heterocycles. The van der Waals surface area contributed by atoms with E-state index in [9.17, 15) is 4.79 Å². The Labute approximate surface area is 158 Å². The van der Waals surface area contributed by atoms with E-state index in [1.807, 2.05) is 18.2 Å². The molecule has 0 N–H and O–H groups in total. The topological polar surface area (TPSA) is 23.6 Å². The first-order valence-electron chi connectivity index (χ1n) is 8.76. The average Bonchev–Trinajstić information content (AvgIpc) is 3.11. The summed E-state index contributed by atoms with van der Waals surface area (Å²) < 4.78 is 0. The van der Waals surface area contributed by atoms with E-state index >= 15 is 0 Å². The number of hydrogen-bond acceptors (Lipinski definition) is 4. The van der Waals surface area contributed by atoms with Crippen LogP contribution in [0.2, 0.25) is 0 Å². The van der Waals surface area contributed by atoms with Gasteiger partial charge in [0.1, 0.15) is 0 Å². The second-order valence-electron chi connectivity index (χ2n) is 6.75. The van der Waals surface area contributed by atoms with Gasteiger partial charge in [0.25, 0.3) is 5.24 Å². The number of likely N-dealkylation sites (tertiary alicyclic amines) is 1. The van der Waals surface area contributed by atoms with Crippen LogP contribution in [-0.4, -0.2) is 35.8 Å². The van der Waals surface area contributed by atoms with Gasteiger partial charge in [0.2, 0.25) is 0 Å². The van der Waals surface area contributed by atoms with Crippen molar-refractivity contribution in [3.63, 3.8) is 0 Å². The molecule has 0 saturated carbocycles. The summed E-state index contributed by atoms with van der Waals surface area (Å²) in [5.74, 6) is 0. The first kappa shape index (κ1) is 17.0. The Balaban J connectivity index is 1.75. The van der Waals surface area contributed by atoms with Crippen LogP contribution in [-0.2, 0) is 0 Å². The van der Waals surface area contributed by atoms with Gasteiger partial charge in [0, 0.05) is 27.9 Å². The minimum atomic E-state index is -0.404. The molecule has 1 unspecified atom stereocenters. The molecule has 2 heterocycles. The minimum Gasteiger partial charge on any atom is -0.335 e. The number of anilines is 2. The van der Waals surface area contributed by atoms with Gasteiger partial charge in [0.05, 0.1) is 11.4 Å². The molecule has 2 aromatic carbocycles. The monoisotopic (exact) mass is 372 g/mol. The molecule has 0 aromatic heterocycles. The second kappa shape index (κ2) is 7.02. The number of hydrogen-bond donors (Lipinski definition) is 0. The average molecular weight is 373 g/mol. The zero-order valence-electron chi connectivity index (χ0n) is 14.2. The van der Waals surface area contributed by atoms with Gasteiger partial charge in [0.15, 0.2) is 0 Å². The van der Waals surface area contributed by atoms with E-state index in [1.54, 1.807) is 11.8 Å². The minimum absolute atomic E-state index is 0.319. The highest BCUT2D eigenvalue weighted by Gasteiger charge is 2.29. The van der Waals surface area contributed by atoms with Crippen molar-refractivity contribution in [2.45, 2.75) is 35.6 Å². The van der Waals surface area contributed by atoms with E-state index in [1.165, 1.54) is 41.4 Å². The van der Waals surface area contributed by atoms with E-state index in [2.05, 4.69) is 41.0 Å². The number of nitrogens with zero attached hydrogens (tertiary/aromatic N) is 2. The summed E-state index contributed by atoms with van der Waals surface area (Å²) in [6.07, 6.45) is 2.58. The maximum absolute atomic E-state index is 11.7. The van der Waals surface area contributed by atoms with Gasteiger partial charge < -0.3 is 9.80 Å². The first-order chi connectivity index (χ1) is 12.1. The van der Waals surface area contributed by atoms with E-state index in [4.69, 9.17) is 11.6 Å². The molecular formula is C20H21ClN2OS. The molecule has 1 atom stereocenters. The summed E-state index contributed by atoms with van der Waals surface area (Å²) in [6.45, 7) is 5.66. The fourth-order valence-corrected chi connectivity index (χ4v) is 4.97. The number of rotatable bonds is 4. The van der Waals surface area contributed by atoms with Crippen molar-refractivity contribution in [3.05, 3.63) is 48.0 Å². The van der Waals surface area contributed by atoms with Gasteiger partial charge >= 0.3 is 0 Å². The maximum atomic E-state index is 11.7. The highest BCUT2D eigenvalue weighted by Crippen LogP contribution is 2.49. The van der Waals surface area contributed by atoms with Crippen LogP contribution in [0, 0.1) is 0 Å². The SMILES string of the molecule is CC(CN1CCCC1)N1c2ccccc2Sc2ccc(C(=O)Cl)cc21. The Hall–Kier alpha value is -1.49. The first-order valence-corrected chi connectivity index (χ1v) is 9.95. The fraction of sp³-hybridized carbons (Fsp3) is 0.350. The van der Waals surface area contributed by atoms with Crippen molar-refractivity contribution in [2.24, 2.45) is 0 Å². The van der Waals surface area contributed by atoms with Crippen molar-refractivity contribution in [1.82, 2.24) is 4.90 Å². The van der Waals surface area contributed by atoms with Crippen molar-refractivity contribution >= 4 is 40.0 Å². The molecule has 4 rings (SSSR count). The summed E-state index contributed by atoms with van der Waals surface area (Å²) in [6, 6.07) is 14.6. The van der Waals surface area contributed by atoms with Gasteiger partial charge in [-0.15, -0.1) is 0 Å². The lowest BCUT2D eigenvalue weighted by atomic mass is 10.1. The zero-order chi connectivity index (χ0) is 17.4. The summed E-state index contributed by atoms with van der Waals surface area (Å²) in [4.78, 5) is 19.0. The standard InChI is InChI=1S/C20H21ClN2OS/c1-14(13-22-10-4-5-11-22)23-16-6-2-3-7-18(16)25-19-9-8-15(20(21)24)12-17(19)23/h2-3,6-9,12,14H,4-5,10-11,13H2,1H3. The van der Waals surface area contributed by atoms with Crippen LogP contribution in [0.5, 0.6) is 0 Å². The molecule has 0 amide bonds. The fourth-order valence-electron chi connectivity index (χ4n) is 3.80. The molecule has 3 nitrogen and oxygen atoms in total. The van der Waals surface area contributed by atoms with Crippen LogP contribution in [0.3, 0.4) is 0 Å². The number of carbonyl (C=O) groups excluding carboxylic acids is 1. The Morgan fingerprint density at radius 1 is 1.12 bits per heavy atom. The molecule has 25 heavy (non-hydrogen) atoms. The van der Waals surface area contributed by atoms with Crippen molar-refractivity contribution in [2.75, 3.05) is 24.5 Å². The lowest BCUT2D eigenvalue weighted by Crippen LogP contribution is -2.40. The summed E-state index contributed by atoms with van der Waals surface area (Å²) in [5, 5.41) is -0.404. The molecule has 2 aliphatic heterocycles. The predicted molar refractivity (Wildman–Crippen MR) is 104 cm³/mol. The Bertz CT molecular complexity index is 804. The van der Waals surface area contributed by atoms with Crippen LogP contribution in [0.15, 0.2) is 52.3 Å². The molecular weight excluding hydrogens is 352 g/mol. The number of fused-ring (bicyclic) bond motifs is 2. The van der Waals surface area contributed by atoms with Gasteiger partial charge in [-0.05, 0) is 74.8 Å². The van der Waals surface area contributed by atoms with Crippen LogP contribution < -0.4 is 4.90 Å². The normalized spacial score (nSPS) is 17.9. The zero-order valence-corrected chi connectivity index (χ0v) is 15.8. The molecule has 2 aromatic rings. The smallest absolute Gasteiger partial charge is 0.252 e. The number of para-hydroxylation sites is 1. The molecule has 0 bridgehead atoms. The highest BCUT2D eigenvalue weighted by molar-refractivity contribution is 7.99. The Morgan fingerprint density at radius 3 is 2.60 bits per heavy atom. The number of carbonyl (C=O) groups is 1. The van der Waals surface area contributed by atoms with E-state index < -0.39 is 5.24 Å².